The highest BCUT2D eigenvalue weighted by atomic mass is 32.1. The van der Waals surface area contributed by atoms with Crippen LogP contribution >= 0.6 is 11.3 Å². The molecule has 0 saturated heterocycles. The maximum absolute atomic E-state index is 8.84. The number of anilines is 1. The van der Waals surface area contributed by atoms with Crippen molar-refractivity contribution in [3.05, 3.63) is 34.8 Å². The van der Waals surface area contributed by atoms with Crippen LogP contribution in [0.5, 0.6) is 11.5 Å². The molecule has 5 nitrogen and oxygen atoms in total. The fourth-order valence-electron chi connectivity index (χ4n) is 1.79. The van der Waals surface area contributed by atoms with E-state index in [-0.39, 0.29) is 19.3 Å². The molecule has 0 aliphatic rings. The summed E-state index contributed by atoms with van der Waals surface area (Å²) in [6, 6.07) is 5.74. The van der Waals surface area contributed by atoms with Crippen molar-refractivity contribution in [1.29, 1.82) is 0 Å². The van der Waals surface area contributed by atoms with Gasteiger partial charge in [0.2, 0.25) is 0 Å². The lowest BCUT2D eigenvalue weighted by Gasteiger charge is -2.15. The predicted octanol–water partition coefficient (Wildman–Crippen LogP) is 2.70. The van der Waals surface area contributed by atoms with Gasteiger partial charge >= 0.3 is 0 Å². The summed E-state index contributed by atoms with van der Waals surface area (Å²) in [6.07, 6.45) is 1.79. The minimum Gasteiger partial charge on any atom is -0.493 e. The number of aliphatic hydroxyl groups is 1. The number of thiazole rings is 1. The fourth-order valence-corrected chi connectivity index (χ4v) is 2.44. The number of benzene rings is 1. The lowest BCUT2D eigenvalue weighted by atomic mass is 10.2. The summed E-state index contributed by atoms with van der Waals surface area (Å²) in [6.45, 7) is 2.26. The van der Waals surface area contributed by atoms with Crippen LogP contribution in [-0.2, 0) is 0 Å². The summed E-state index contributed by atoms with van der Waals surface area (Å²) in [5, 5.41) is 15.2. The SMILES string of the molecule is COc1ccc(NC(C)c2nccs2)cc1OCCO. The highest BCUT2D eigenvalue weighted by Crippen LogP contribution is 2.31. The van der Waals surface area contributed by atoms with E-state index in [2.05, 4.69) is 17.2 Å². The molecule has 0 spiro atoms. The lowest BCUT2D eigenvalue weighted by Crippen LogP contribution is -2.07. The van der Waals surface area contributed by atoms with Crippen LogP contribution in [0.3, 0.4) is 0 Å². The van der Waals surface area contributed by atoms with Crippen molar-refractivity contribution >= 4 is 17.0 Å². The van der Waals surface area contributed by atoms with Crippen molar-refractivity contribution in [1.82, 2.24) is 4.98 Å². The van der Waals surface area contributed by atoms with Gasteiger partial charge in [-0.25, -0.2) is 4.98 Å². The molecule has 6 heteroatoms. The molecule has 1 unspecified atom stereocenters. The van der Waals surface area contributed by atoms with Crippen LogP contribution in [-0.4, -0.2) is 30.4 Å². The van der Waals surface area contributed by atoms with Gasteiger partial charge in [0.05, 0.1) is 19.8 Å². The second-order valence-electron chi connectivity index (χ2n) is 4.17. The van der Waals surface area contributed by atoms with Crippen LogP contribution in [0.2, 0.25) is 0 Å². The number of ether oxygens (including phenoxy) is 2. The first-order valence-electron chi connectivity index (χ1n) is 6.32. The second-order valence-corrected chi connectivity index (χ2v) is 5.10. The fraction of sp³-hybridized carbons (Fsp3) is 0.357. The number of hydrogen-bond donors (Lipinski definition) is 2. The Morgan fingerprint density at radius 3 is 2.90 bits per heavy atom. The number of aliphatic hydroxyl groups excluding tert-OH is 1. The van der Waals surface area contributed by atoms with Gasteiger partial charge in [-0.2, -0.15) is 0 Å². The zero-order chi connectivity index (χ0) is 14.4. The molecule has 2 N–H and O–H groups in total. The number of nitrogens with zero attached hydrogens (tertiary/aromatic N) is 1. The smallest absolute Gasteiger partial charge is 0.163 e. The summed E-state index contributed by atoms with van der Waals surface area (Å²) in [7, 11) is 1.59. The van der Waals surface area contributed by atoms with E-state index in [4.69, 9.17) is 14.6 Å². The molecule has 108 valence electrons. The molecule has 0 fully saturated rings. The van der Waals surface area contributed by atoms with Crippen molar-refractivity contribution in [2.45, 2.75) is 13.0 Å². The van der Waals surface area contributed by atoms with Crippen LogP contribution < -0.4 is 14.8 Å². The molecule has 1 aromatic heterocycles. The van der Waals surface area contributed by atoms with E-state index < -0.39 is 0 Å². The first kappa shape index (κ1) is 14.6. The normalized spacial score (nSPS) is 11.9. The molecule has 0 radical (unpaired) electrons. The largest absolute Gasteiger partial charge is 0.493 e. The van der Waals surface area contributed by atoms with Gasteiger partial charge < -0.3 is 19.9 Å². The molecule has 1 heterocycles. The van der Waals surface area contributed by atoms with Crippen LogP contribution in [0.4, 0.5) is 5.69 Å². The summed E-state index contributed by atoms with van der Waals surface area (Å²) < 4.78 is 10.7. The Hall–Kier alpha value is -1.79. The summed E-state index contributed by atoms with van der Waals surface area (Å²) in [4.78, 5) is 4.29. The van der Waals surface area contributed by atoms with E-state index in [1.165, 1.54) is 0 Å². The van der Waals surface area contributed by atoms with Crippen molar-refractivity contribution in [3.63, 3.8) is 0 Å². The molecule has 2 aromatic rings. The second kappa shape index (κ2) is 7.12. The third-order valence-electron chi connectivity index (χ3n) is 2.72. The molecule has 20 heavy (non-hydrogen) atoms. The predicted molar refractivity (Wildman–Crippen MR) is 79.7 cm³/mol. The average Bonchev–Trinajstić information content (AvgIpc) is 2.99. The molecular weight excluding hydrogens is 276 g/mol. The van der Waals surface area contributed by atoms with Crippen LogP contribution in [0.15, 0.2) is 29.8 Å². The standard InChI is InChI=1S/C14H18N2O3S/c1-10(14-15-5-8-20-14)16-11-3-4-12(18-2)13(9-11)19-7-6-17/h3-5,8-10,16-17H,6-7H2,1-2H3. The van der Waals surface area contributed by atoms with Gasteiger partial charge in [-0.3, -0.25) is 0 Å². The van der Waals surface area contributed by atoms with E-state index in [1.807, 2.05) is 23.6 Å². The first-order valence-corrected chi connectivity index (χ1v) is 7.20. The van der Waals surface area contributed by atoms with Gasteiger partial charge in [-0.05, 0) is 19.1 Å². The van der Waals surface area contributed by atoms with Crippen LogP contribution in [0, 0.1) is 0 Å². The third kappa shape index (κ3) is 3.61. The molecule has 1 atom stereocenters. The van der Waals surface area contributed by atoms with Gasteiger partial charge in [0.25, 0.3) is 0 Å². The van der Waals surface area contributed by atoms with Crippen molar-refractivity contribution in [3.8, 4) is 11.5 Å². The lowest BCUT2D eigenvalue weighted by molar-refractivity contribution is 0.196. The number of hydrogen-bond acceptors (Lipinski definition) is 6. The van der Waals surface area contributed by atoms with Gasteiger partial charge in [0, 0.05) is 23.3 Å². The Kier molecular flexibility index (Phi) is 5.20. The molecule has 0 bridgehead atoms. The highest BCUT2D eigenvalue weighted by molar-refractivity contribution is 7.09. The summed E-state index contributed by atoms with van der Waals surface area (Å²) in [5.74, 6) is 1.25. The minimum atomic E-state index is -0.0314. The monoisotopic (exact) mass is 294 g/mol. The Balaban J connectivity index is 2.11. The van der Waals surface area contributed by atoms with E-state index in [9.17, 15) is 0 Å². The molecule has 2 rings (SSSR count). The Labute approximate surface area is 122 Å². The van der Waals surface area contributed by atoms with Gasteiger partial charge in [0.15, 0.2) is 11.5 Å². The van der Waals surface area contributed by atoms with Crippen molar-refractivity contribution in [2.24, 2.45) is 0 Å². The number of rotatable bonds is 7. The van der Waals surface area contributed by atoms with Gasteiger partial charge in [0.1, 0.15) is 11.6 Å². The Morgan fingerprint density at radius 2 is 2.25 bits per heavy atom. The zero-order valence-corrected chi connectivity index (χ0v) is 12.3. The van der Waals surface area contributed by atoms with E-state index >= 15 is 0 Å². The molecule has 1 aromatic carbocycles. The first-order chi connectivity index (χ1) is 9.74. The number of nitrogens with one attached hydrogen (secondary N) is 1. The van der Waals surface area contributed by atoms with Crippen LogP contribution in [0.25, 0.3) is 0 Å². The minimum absolute atomic E-state index is 0.0314. The third-order valence-corrected chi connectivity index (χ3v) is 3.68. The topological polar surface area (TPSA) is 63.6 Å². The van der Waals surface area contributed by atoms with Gasteiger partial charge in [-0.1, -0.05) is 0 Å². The van der Waals surface area contributed by atoms with Crippen molar-refractivity contribution in [2.75, 3.05) is 25.6 Å². The average molecular weight is 294 g/mol. The van der Waals surface area contributed by atoms with E-state index in [1.54, 1.807) is 24.6 Å². The molecule has 0 amide bonds. The van der Waals surface area contributed by atoms with E-state index in [0.717, 1.165) is 10.7 Å². The van der Waals surface area contributed by atoms with Crippen LogP contribution in [0.1, 0.15) is 18.0 Å². The maximum Gasteiger partial charge on any atom is 0.163 e. The molecule has 0 saturated carbocycles. The van der Waals surface area contributed by atoms with E-state index in [0.29, 0.717) is 11.5 Å². The maximum atomic E-state index is 8.84. The summed E-state index contributed by atoms with van der Waals surface area (Å²) >= 11 is 1.61. The number of aromatic nitrogens is 1. The quantitative estimate of drug-likeness (QED) is 0.822. The molecule has 0 aliphatic heterocycles. The Morgan fingerprint density at radius 1 is 1.40 bits per heavy atom. The Bertz CT molecular complexity index is 531. The summed E-state index contributed by atoms with van der Waals surface area (Å²) in [5.41, 5.74) is 0.918. The highest BCUT2D eigenvalue weighted by Gasteiger charge is 2.10. The van der Waals surface area contributed by atoms with Gasteiger partial charge in [-0.15, -0.1) is 11.3 Å². The molecule has 0 aliphatic carbocycles. The molecular formula is C14H18N2O3S. The van der Waals surface area contributed by atoms with Crippen molar-refractivity contribution < 1.29 is 14.6 Å². The zero-order valence-electron chi connectivity index (χ0n) is 11.5. The number of methoxy groups -OCH3 is 1.